The molecule has 2 rings (SSSR count). The summed E-state index contributed by atoms with van der Waals surface area (Å²) >= 11 is 6.64. The number of piperidine rings is 2. The molecule has 0 aliphatic carbocycles. The summed E-state index contributed by atoms with van der Waals surface area (Å²) in [5, 5.41) is 5.50. The van der Waals surface area contributed by atoms with Crippen LogP contribution in [0, 0.1) is 0 Å². The molecule has 0 aromatic rings. The van der Waals surface area contributed by atoms with E-state index >= 15 is 0 Å². The fourth-order valence-corrected chi connectivity index (χ4v) is 2.33. The number of hydrogen-bond acceptors (Lipinski definition) is 4. The lowest BCUT2D eigenvalue weighted by molar-refractivity contribution is 0.197. The van der Waals surface area contributed by atoms with E-state index in [1.54, 1.807) is 11.8 Å². The number of rotatable bonds is 1. The molecule has 0 aromatic carbocycles. The SMILES string of the molecule is C1CCNCC1.CSC(=S)NN1CCCCC1. The zero-order valence-corrected chi connectivity index (χ0v) is 12.5. The molecule has 0 radical (unpaired) electrons. The Hall–Kier alpha value is 0.160. The van der Waals surface area contributed by atoms with Crippen LogP contribution in [0.4, 0.5) is 0 Å². The fourth-order valence-electron chi connectivity index (χ4n) is 1.98. The van der Waals surface area contributed by atoms with Crippen LogP contribution in [0.15, 0.2) is 0 Å². The second kappa shape index (κ2) is 10.1. The van der Waals surface area contributed by atoms with Gasteiger partial charge >= 0.3 is 0 Å². The number of nitrogens with one attached hydrogen (secondary N) is 2. The van der Waals surface area contributed by atoms with Crippen molar-refractivity contribution in [1.82, 2.24) is 15.8 Å². The van der Waals surface area contributed by atoms with Gasteiger partial charge in [0, 0.05) is 13.1 Å². The molecular weight excluding hydrogens is 250 g/mol. The minimum absolute atomic E-state index is 0.881. The highest BCUT2D eigenvalue weighted by Gasteiger charge is 2.09. The average Bonchev–Trinajstić information content (AvgIpc) is 2.42. The Balaban J connectivity index is 0.000000202. The normalized spacial score (nSPS) is 21.2. The van der Waals surface area contributed by atoms with E-state index in [9.17, 15) is 0 Å². The van der Waals surface area contributed by atoms with Crippen LogP contribution in [0.3, 0.4) is 0 Å². The highest BCUT2D eigenvalue weighted by Crippen LogP contribution is 2.07. The summed E-state index contributed by atoms with van der Waals surface area (Å²) in [5.41, 5.74) is 3.20. The van der Waals surface area contributed by atoms with E-state index in [4.69, 9.17) is 12.2 Å². The highest BCUT2D eigenvalue weighted by molar-refractivity contribution is 8.22. The van der Waals surface area contributed by atoms with Crippen LogP contribution in [-0.4, -0.2) is 41.8 Å². The molecule has 0 atom stereocenters. The van der Waals surface area contributed by atoms with E-state index < -0.39 is 0 Å². The summed E-state index contributed by atoms with van der Waals surface area (Å²) in [5.74, 6) is 0. The largest absolute Gasteiger partial charge is 0.317 e. The van der Waals surface area contributed by atoms with Gasteiger partial charge < -0.3 is 10.7 Å². The molecule has 100 valence electrons. The van der Waals surface area contributed by atoms with Crippen molar-refractivity contribution in [2.24, 2.45) is 0 Å². The highest BCUT2D eigenvalue weighted by atomic mass is 32.2. The first kappa shape index (κ1) is 15.2. The third kappa shape index (κ3) is 7.97. The van der Waals surface area contributed by atoms with E-state index in [-0.39, 0.29) is 0 Å². The molecule has 5 heteroatoms. The van der Waals surface area contributed by atoms with Crippen molar-refractivity contribution < 1.29 is 0 Å². The van der Waals surface area contributed by atoms with Crippen molar-refractivity contribution in [3.05, 3.63) is 0 Å². The van der Waals surface area contributed by atoms with Gasteiger partial charge in [0.15, 0.2) is 0 Å². The Morgan fingerprint density at radius 2 is 1.65 bits per heavy atom. The summed E-state index contributed by atoms with van der Waals surface area (Å²) in [4.78, 5) is 0. The van der Waals surface area contributed by atoms with Crippen LogP contribution < -0.4 is 10.7 Å². The van der Waals surface area contributed by atoms with Crippen LogP contribution in [0.1, 0.15) is 38.5 Å². The Morgan fingerprint density at radius 3 is 2.06 bits per heavy atom. The predicted octanol–water partition coefficient (Wildman–Crippen LogP) is 2.38. The Morgan fingerprint density at radius 1 is 1.06 bits per heavy atom. The van der Waals surface area contributed by atoms with E-state index in [2.05, 4.69) is 15.8 Å². The van der Waals surface area contributed by atoms with Crippen LogP contribution in [0.5, 0.6) is 0 Å². The van der Waals surface area contributed by atoms with Gasteiger partial charge in [-0.05, 0) is 45.0 Å². The number of thiocarbonyl (C=S) groups is 1. The maximum atomic E-state index is 5.05. The van der Waals surface area contributed by atoms with E-state index in [0.29, 0.717) is 0 Å². The van der Waals surface area contributed by atoms with Gasteiger partial charge in [0.2, 0.25) is 0 Å². The van der Waals surface area contributed by atoms with Gasteiger partial charge in [-0.25, -0.2) is 5.01 Å². The van der Waals surface area contributed by atoms with Crippen LogP contribution in [0.25, 0.3) is 0 Å². The predicted molar refractivity (Wildman–Crippen MR) is 81.4 cm³/mol. The lowest BCUT2D eigenvalue weighted by atomic mass is 10.2. The number of nitrogens with zero attached hydrogens (tertiary/aromatic N) is 1. The topological polar surface area (TPSA) is 27.3 Å². The minimum Gasteiger partial charge on any atom is -0.317 e. The first-order valence-electron chi connectivity index (χ1n) is 6.63. The quantitative estimate of drug-likeness (QED) is 0.717. The van der Waals surface area contributed by atoms with Gasteiger partial charge in [0.25, 0.3) is 0 Å². The van der Waals surface area contributed by atoms with Gasteiger partial charge in [-0.2, -0.15) is 0 Å². The second-order valence-electron chi connectivity index (χ2n) is 4.46. The lowest BCUT2D eigenvalue weighted by Gasteiger charge is -2.27. The smallest absolute Gasteiger partial charge is 0.147 e. The van der Waals surface area contributed by atoms with E-state index in [1.807, 2.05) is 6.26 Å². The second-order valence-corrected chi connectivity index (χ2v) is 5.94. The molecule has 0 bridgehead atoms. The zero-order valence-electron chi connectivity index (χ0n) is 10.8. The monoisotopic (exact) mass is 275 g/mol. The summed E-state index contributed by atoms with van der Waals surface area (Å²) < 4.78 is 0.881. The van der Waals surface area contributed by atoms with Gasteiger partial charge in [-0.3, -0.25) is 0 Å². The maximum absolute atomic E-state index is 5.05. The van der Waals surface area contributed by atoms with Crippen molar-refractivity contribution in [3.63, 3.8) is 0 Å². The molecule has 17 heavy (non-hydrogen) atoms. The lowest BCUT2D eigenvalue weighted by Crippen LogP contribution is -2.43. The molecule has 0 aromatic heterocycles. The number of hydrogen-bond donors (Lipinski definition) is 2. The molecule has 3 nitrogen and oxygen atoms in total. The molecular formula is C12H25N3S2. The Bertz CT molecular complexity index is 190. The molecule has 2 aliphatic rings. The summed E-state index contributed by atoms with van der Waals surface area (Å²) in [6, 6.07) is 0. The summed E-state index contributed by atoms with van der Waals surface area (Å²) in [7, 11) is 0. The molecule has 2 saturated heterocycles. The Labute approximate surface area is 115 Å². The number of thioether (sulfide) groups is 1. The van der Waals surface area contributed by atoms with Gasteiger partial charge in [-0.1, -0.05) is 36.8 Å². The van der Waals surface area contributed by atoms with E-state index in [1.165, 1.54) is 51.6 Å². The molecule has 2 aliphatic heterocycles. The standard InChI is InChI=1S/C7H14N2S2.C5H11N/c1-11-7(10)8-9-5-3-2-4-6-9;1-2-4-6-5-3-1/h2-6H2,1H3,(H,8,10);6H,1-5H2. The minimum atomic E-state index is 0.881. The van der Waals surface area contributed by atoms with Crippen LogP contribution in [-0.2, 0) is 0 Å². The molecule has 2 heterocycles. The van der Waals surface area contributed by atoms with E-state index in [0.717, 1.165) is 17.4 Å². The van der Waals surface area contributed by atoms with Crippen molar-refractivity contribution in [1.29, 1.82) is 0 Å². The summed E-state index contributed by atoms with van der Waals surface area (Å²) in [6.45, 7) is 4.78. The molecule has 0 unspecified atom stereocenters. The molecule has 0 saturated carbocycles. The first-order valence-corrected chi connectivity index (χ1v) is 8.26. The van der Waals surface area contributed by atoms with Gasteiger partial charge in [0.1, 0.15) is 4.32 Å². The molecule has 2 N–H and O–H groups in total. The summed E-state index contributed by atoms with van der Waals surface area (Å²) in [6.07, 6.45) is 10.2. The zero-order chi connectivity index (χ0) is 12.3. The fraction of sp³-hybridized carbons (Fsp3) is 0.917. The van der Waals surface area contributed by atoms with Crippen LogP contribution in [0.2, 0.25) is 0 Å². The Kier molecular flexibility index (Phi) is 9.06. The van der Waals surface area contributed by atoms with Gasteiger partial charge in [0.05, 0.1) is 0 Å². The van der Waals surface area contributed by atoms with Crippen LogP contribution >= 0.6 is 24.0 Å². The van der Waals surface area contributed by atoms with Gasteiger partial charge in [-0.15, -0.1) is 0 Å². The third-order valence-electron chi connectivity index (χ3n) is 3.00. The molecule has 0 amide bonds. The first-order chi connectivity index (χ1) is 8.33. The molecule has 0 spiro atoms. The third-order valence-corrected chi connectivity index (χ3v) is 4.05. The van der Waals surface area contributed by atoms with Crippen molar-refractivity contribution in [2.75, 3.05) is 32.4 Å². The average molecular weight is 275 g/mol. The maximum Gasteiger partial charge on any atom is 0.147 e. The number of hydrazine groups is 1. The van der Waals surface area contributed by atoms with Crippen molar-refractivity contribution >= 4 is 28.3 Å². The van der Waals surface area contributed by atoms with Crippen molar-refractivity contribution in [2.45, 2.75) is 38.5 Å². The molecule has 2 fully saturated rings. The van der Waals surface area contributed by atoms with Crippen molar-refractivity contribution in [3.8, 4) is 0 Å².